The fraction of sp³-hybridized carbons (Fsp3) is 1.00. The summed E-state index contributed by atoms with van der Waals surface area (Å²) in [6.45, 7) is 3.16. The van der Waals surface area contributed by atoms with E-state index in [4.69, 9.17) is 4.74 Å². The molecular weight excluding hydrogens is 114 g/mol. The van der Waals surface area contributed by atoms with E-state index >= 15 is 0 Å². The number of fused-ring (bicyclic) bond motifs is 1. The average Bonchev–Trinajstić information content (AvgIpc) is 1.94. The van der Waals surface area contributed by atoms with Crippen LogP contribution in [-0.4, -0.2) is 25.8 Å². The van der Waals surface area contributed by atoms with Gasteiger partial charge in [0.25, 0.3) is 0 Å². The lowest BCUT2D eigenvalue weighted by Gasteiger charge is -2.35. The first-order valence-electron chi connectivity index (χ1n) is 3.78. The van der Waals surface area contributed by atoms with Gasteiger partial charge in [0.2, 0.25) is 0 Å². The Bertz CT molecular complexity index is 93.1. The maximum atomic E-state index is 5.37. The van der Waals surface area contributed by atoms with E-state index in [-0.39, 0.29) is 0 Å². The molecule has 2 fully saturated rings. The summed E-state index contributed by atoms with van der Waals surface area (Å²) >= 11 is 0. The fourth-order valence-corrected chi connectivity index (χ4v) is 1.61. The van der Waals surface area contributed by atoms with Gasteiger partial charge < -0.3 is 10.1 Å². The summed E-state index contributed by atoms with van der Waals surface area (Å²) in [6, 6.07) is 0.701. The van der Waals surface area contributed by atoms with Crippen LogP contribution in [0.5, 0.6) is 0 Å². The Balaban J connectivity index is 1.90. The number of hydrogen-bond acceptors (Lipinski definition) is 2. The highest BCUT2D eigenvalue weighted by molar-refractivity contribution is 4.88. The minimum absolute atomic E-state index is 0.701. The minimum atomic E-state index is 0.701. The van der Waals surface area contributed by atoms with E-state index in [0.717, 1.165) is 19.1 Å². The molecule has 2 saturated heterocycles. The van der Waals surface area contributed by atoms with E-state index < -0.39 is 0 Å². The molecule has 2 atom stereocenters. The average molecular weight is 127 g/mol. The lowest BCUT2D eigenvalue weighted by atomic mass is 9.89. The Hall–Kier alpha value is -0.0800. The molecule has 2 aliphatic rings. The Labute approximate surface area is 55.6 Å². The first-order valence-corrected chi connectivity index (χ1v) is 3.78. The molecule has 0 aromatic carbocycles. The SMILES string of the molecule is C1COCC2NCC2C1. The summed E-state index contributed by atoms with van der Waals surface area (Å²) in [5.41, 5.74) is 0. The van der Waals surface area contributed by atoms with Crippen LogP contribution in [0.4, 0.5) is 0 Å². The molecular formula is C7H13NO. The van der Waals surface area contributed by atoms with Crippen molar-refractivity contribution in [3.8, 4) is 0 Å². The number of ether oxygens (including phenoxy) is 1. The summed E-state index contributed by atoms with van der Waals surface area (Å²) < 4.78 is 5.37. The summed E-state index contributed by atoms with van der Waals surface area (Å²) in [7, 11) is 0. The molecule has 0 saturated carbocycles. The zero-order valence-electron chi connectivity index (χ0n) is 5.60. The molecule has 2 nitrogen and oxygen atoms in total. The van der Waals surface area contributed by atoms with Gasteiger partial charge in [0.1, 0.15) is 0 Å². The standard InChI is InChI=1S/C7H13NO/c1-2-6-4-8-7(6)5-9-3-1/h6-8H,1-5H2. The highest BCUT2D eigenvalue weighted by Gasteiger charge is 2.31. The van der Waals surface area contributed by atoms with Crippen molar-refractivity contribution < 1.29 is 4.74 Å². The van der Waals surface area contributed by atoms with E-state index in [2.05, 4.69) is 5.32 Å². The Morgan fingerprint density at radius 2 is 2.44 bits per heavy atom. The van der Waals surface area contributed by atoms with Gasteiger partial charge in [0.15, 0.2) is 0 Å². The van der Waals surface area contributed by atoms with Crippen molar-refractivity contribution in [1.29, 1.82) is 0 Å². The van der Waals surface area contributed by atoms with Crippen LogP contribution in [0.25, 0.3) is 0 Å². The molecule has 0 bridgehead atoms. The van der Waals surface area contributed by atoms with Crippen LogP contribution in [0.15, 0.2) is 0 Å². The predicted molar refractivity (Wildman–Crippen MR) is 35.3 cm³/mol. The van der Waals surface area contributed by atoms with E-state index in [1.807, 2.05) is 0 Å². The molecule has 52 valence electrons. The van der Waals surface area contributed by atoms with E-state index in [9.17, 15) is 0 Å². The van der Waals surface area contributed by atoms with Gasteiger partial charge in [0.05, 0.1) is 6.61 Å². The molecule has 9 heavy (non-hydrogen) atoms. The second-order valence-electron chi connectivity index (χ2n) is 2.99. The van der Waals surface area contributed by atoms with E-state index in [1.54, 1.807) is 0 Å². The Morgan fingerprint density at radius 1 is 1.44 bits per heavy atom. The quantitative estimate of drug-likeness (QED) is 0.508. The Morgan fingerprint density at radius 3 is 3.22 bits per heavy atom. The smallest absolute Gasteiger partial charge is 0.0622 e. The molecule has 2 heteroatoms. The number of nitrogens with one attached hydrogen (secondary N) is 1. The van der Waals surface area contributed by atoms with Crippen molar-refractivity contribution in [2.45, 2.75) is 18.9 Å². The number of hydrogen-bond donors (Lipinski definition) is 1. The minimum Gasteiger partial charge on any atom is -0.380 e. The summed E-state index contributed by atoms with van der Waals surface area (Å²) in [4.78, 5) is 0. The van der Waals surface area contributed by atoms with Crippen molar-refractivity contribution in [2.75, 3.05) is 19.8 Å². The first kappa shape index (κ1) is 5.69. The molecule has 0 aromatic heterocycles. The van der Waals surface area contributed by atoms with Gasteiger partial charge in [-0.3, -0.25) is 0 Å². The Kier molecular flexibility index (Phi) is 1.44. The summed E-state index contributed by atoms with van der Waals surface area (Å²) in [6.07, 6.45) is 2.64. The predicted octanol–water partition coefficient (Wildman–Crippen LogP) is 0.385. The van der Waals surface area contributed by atoms with Crippen molar-refractivity contribution in [3.05, 3.63) is 0 Å². The fourth-order valence-electron chi connectivity index (χ4n) is 1.61. The lowest BCUT2D eigenvalue weighted by molar-refractivity contribution is 0.0945. The van der Waals surface area contributed by atoms with Crippen molar-refractivity contribution in [1.82, 2.24) is 5.32 Å². The first-order chi connectivity index (χ1) is 4.47. The molecule has 0 aliphatic carbocycles. The highest BCUT2D eigenvalue weighted by atomic mass is 16.5. The third kappa shape index (κ3) is 0.970. The monoisotopic (exact) mass is 127 g/mol. The van der Waals surface area contributed by atoms with Crippen molar-refractivity contribution in [3.63, 3.8) is 0 Å². The second-order valence-corrected chi connectivity index (χ2v) is 2.99. The largest absolute Gasteiger partial charge is 0.380 e. The zero-order chi connectivity index (χ0) is 6.10. The molecule has 0 radical (unpaired) electrons. The van der Waals surface area contributed by atoms with Gasteiger partial charge in [-0.1, -0.05) is 0 Å². The summed E-state index contributed by atoms with van der Waals surface area (Å²) in [5, 5.41) is 3.36. The van der Waals surface area contributed by atoms with Crippen LogP contribution in [0.1, 0.15) is 12.8 Å². The molecule has 1 N–H and O–H groups in total. The molecule has 2 unspecified atom stereocenters. The number of rotatable bonds is 0. The maximum Gasteiger partial charge on any atom is 0.0622 e. The van der Waals surface area contributed by atoms with Crippen LogP contribution in [0.2, 0.25) is 0 Å². The summed E-state index contributed by atoms with van der Waals surface area (Å²) in [5.74, 6) is 0.937. The second kappa shape index (κ2) is 2.27. The highest BCUT2D eigenvalue weighted by Crippen LogP contribution is 2.21. The molecule has 0 amide bonds. The van der Waals surface area contributed by atoms with Crippen LogP contribution < -0.4 is 5.32 Å². The van der Waals surface area contributed by atoms with Crippen LogP contribution in [0, 0.1) is 5.92 Å². The van der Waals surface area contributed by atoms with Gasteiger partial charge in [-0.25, -0.2) is 0 Å². The van der Waals surface area contributed by atoms with Crippen LogP contribution >= 0.6 is 0 Å². The maximum absolute atomic E-state index is 5.37. The van der Waals surface area contributed by atoms with Crippen molar-refractivity contribution >= 4 is 0 Å². The van der Waals surface area contributed by atoms with Gasteiger partial charge in [-0.05, 0) is 25.3 Å². The molecule has 0 aromatic rings. The van der Waals surface area contributed by atoms with Gasteiger partial charge in [-0.2, -0.15) is 0 Å². The van der Waals surface area contributed by atoms with E-state index in [0.29, 0.717) is 6.04 Å². The van der Waals surface area contributed by atoms with Crippen LogP contribution in [-0.2, 0) is 4.74 Å². The van der Waals surface area contributed by atoms with E-state index in [1.165, 1.54) is 19.4 Å². The van der Waals surface area contributed by atoms with Gasteiger partial charge in [0, 0.05) is 12.6 Å². The van der Waals surface area contributed by atoms with Crippen LogP contribution in [0.3, 0.4) is 0 Å². The third-order valence-electron chi connectivity index (χ3n) is 2.37. The molecule has 2 heterocycles. The topological polar surface area (TPSA) is 21.3 Å². The molecule has 0 spiro atoms. The lowest BCUT2D eigenvalue weighted by Crippen LogP contribution is -2.54. The molecule has 2 aliphatic heterocycles. The normalized spacial score (nSPS) is 42.7. The third-order valence-corrected chi connectivity index (χ3v) is 2.37. The molecule has 2 rings (SSSR count). The zero-order valence-corrected chi connectivity index (χ0v) is 5.60. The van der Waals surface area contributed by atoms with Gasteiger partial charge >= 0.3 is 0 Å². The van der Waals surface area contributed by atoms with Crippen molar-refractivity contribution in [2.24, 2.45) is 5.92 Å². The van der Waals surface area contributed by atoms with Gasteiger partial charge in [-0.15, -0.1) is 0 Å².